The summed E-state index contributed by atoms with van der Waals surface area (Å²) in [6.45, 7) is 2.53. The number of methoxy groups -OCH3 is 1. The zero-order valence-corrected chi connectivity index (χ0v) is 12.6. The Balaban J connectivity index is 2.62. The fourth-order valence-electron chi connectivity index (χ4n) is 1.46. The highest BCUT2D eigenvalue weighted by Crippen LogP contribution is 2.18. The second kappa shape index (κ2) is 7.64. The molecule has 6 nitrogen and oxygen atoms in total. The lowest BCUT2D eigenvalue weighted by Gasteiger charge is -2.15. The van der Waals surface area contributed by atoms with Crippen LogP contribution in [0.2, 0.25) is 0 Å². The average Bonchev–Trinajstić information content (AvgIpc) is 2.92. The van der Waals surface area contributed by atoms with Crippen LogP contribution in [0.4, 0.5) is 0 Å². The zero-order chi connectivity index (χ0) is 15.1. The summed E-state index contributed by atoms with van der Waals surface area (Å²) < 4.78 is 4.58. The second-order valence-corrected chi connectivity index (χ2v) is 5.25. The highest BCUT2D eigenvalue weighted by atomic mass is 32.1. The molecule has 0 atom stereocenters. The van der Waals surface area contributed by atoms with E-state index in [1.165, 1.54) is 18.1 Å². The fraction of sp³-hybridized carbons (Fsp3) is 0.462. The molecule has 0 saturated carbocycles. The minimum absolute atomic E-state index is 0.00963. The highest BCUT2D eigenvalue weighted by molar-refractivity contribution is 7.15. The Morgan fingerprint density at radius 1 is 1.30 bits per heavy atom. The Hall–Kier alpha value is -1.89. The van der Waals surface area contributed by atoms with E-state index in [9.17, 15) is 14.4 Å². The summed E-state index contributed by atoms with van der Waals surface area (Å²) in [6.07, 6.45) is 0.844. The van der Waals surface area contributed by atoms with Gasteiger partial charge in [0.25, 0.3) is 5.91 Å². The molecular formula is C13H18N2O4S. The van der Waals surface area contributed by atoms with E-state index in [2.05, 4.69) is 10.1 Å². The maximum atomic E-state index is 12.1. The number of nitrogens with zero attached hydrogens (tertiary/aromatic N) is 1. The van der Waals surface area contributed by atoms with Gasteiger partial charge < -0.3 is 15.0 Å². The van der Waals surface area contributed by atoms with Crippen LogP contribution in [-0.2, 0) is 9.53 Å². The first-order valence-electron chi connectivity index (χ1n) is 6.19. The van der Waals surface area contributed by atoms with Crippen molar-refractivity contribution in [1.29, 1.82) is 0 Å². The van der Waals surface area contributed by atoms with E-state index in [0.29, 0.717) is 16.3 Å². The SMILES string of the molecule is CCCNC(=O)CN(C)C(=O)c1ccc(C(=O)OC)s1. The molecule has 0 aliphatic heterocycles. The monoisotopic (exact) mass is 298 g/mol. The average molecular weight is 298 g/mol. The molecule has 0 radical (unpaired) electrons. The predicted octanol–water partition coefficient (Wildman–Crippen LogP) is 1.13. The van der Waals surface area contributed by atoms with Gasteiger partial charge in [-0.2, -0.15) is 0 Å². The van der Waals surface area contributed by atoms with Gasteiger partial charge in [0.15, 0.2) is 0 Å². The summed E-state index contributed by atoms with van der Waals surface area (Å²) in [5, 5.41) is 2.70. The Kier molecular flexibility index (Phi) is 6.17. The van der Waals surface area contributed by atoms with Crippen LogP contribution in [0.15, 0.2) is 12.1 Å². The van der Waals surface area contributed by atoms with Crippen LogP contribution in [0.1, 0.15) is 32.7 Å². The third kappa shape index (κ3) is 4.34. The van der Waals surface area contributed by atoms with Crippen LogP contribution in [0, 0.1) is 0 Å². The van der Waals surface area contributed by atoms with Crippen molar-refractivity contribution in [3.63, 3.8) is 0 Å². The molecule has 110 valence electrons. The first-order chi connectivity index (χ1) is 9.49. The standard InChI is InChI=1S/C13H18N2O4S/c1-4-7-14-11(16)8-15(2)12(17)9-5-6-10(20-9)13(18)19-3/h5-6H,4,7-8H2,1-3H3,(H,14,16). The third-order valence-corrected chi connectivity index (χ3v) is 3.56. The first kappa shape index (κ1) is 16.2. The number of hydrogen-bond acceptors (Lipinski definition) is 5. The number of thiophene rings is 1. The molecule has 0 aliphatic carbocycles. The Morgan fingerprint density at radius 3 is 2.55 bits per heavy atom. The van der Waals surface area contributed by atoms with Crippen LogP contribution >= 0.6 is 11.3 Å². The molecule has 2 amide bonds. The molecule has 0 saturated heterocycles. The third-order valence-electron chi connectivity index (χ3n) is 2.50. The van der Waals surface area contributed by atoms with Crippen LogP contribution in [-0.4, -0.2) is 49.9 Å². The number of ether oxygens (including phenoxy) is 1. The summed E-state index contributed by atoms with van der Waals surface area (Å²) in [7, 11) is 2.83. The number of likely N-dealkylation sites (N-methyl/N-ethyl adjacent to an activating group) is 1. The molecule has 1 aromatic heterocycles. The van der Waals surface area contributed by atoms with Gasteiger partial charge in [-0.15, -0.1) is 11.3 Å². The molecule has 1 heterocycles. The number of esters is 1. The molecule has 0 unspecified atom stereocenters. The molecule has 0 spiro atoms. The Morgan fingerprint density at radius 2 is 1.95 bits per heavy atom. The van der Waals surface area contributed by atoms with Gasteiger partial charge in [0.1, 0.15) is 4.88 Å². The summed E-state index contributed by atoms with van der Waals surface area (Å²) >= 11 is 1.05. The lowest BCUT2D eigenvalue weighted by Crippen LogP contribution is -2.38. The van der Waals surface area contributed by atoms with Crippen molar-refractivity contribution < 1.29 is 19.1 Å². The summed E-state index contributed by atoms with van der Waals surface area (Å²) in [5.74, 6) is -0.971. The molecule has 0 fully saturated rings. The van der Waals surface area contributed by atoms with Gasteiger partial charge in [-0.1, -0.05) is 6.92 Å². The van der Waals surface area contributed by atoms with E-state index in [0.717, 1.165) is 17.8 Å². The summed E-state index contributed by atoms with van der Waals surface area (Å²) in [5.41, 5.74) is 0. The summed E-state index contributed by atoms with van der Waals surface area (Å²) in [6, 6.07) is 3.09. The van der Waals surface area contributed by atoms with Crippen LogP contribution in [0.25, 0.3) is 0 Å². The van der Waals surface area contributed by atoms with Gasteiger partial charge >= 0.3 is 5.97 Å². The minimum atomic E-state index is -0.475. The molecule has 0 aromatic carbocycles. The smallest absolute Gasteiger partial charge is 0.348 e. The van der Waals surface area contributed by atoms with E-state index in [4.69, 9.17) is 0 Å². The lowest BCUT2D eigenvalue weighted by molar-refractivity contribution is -0.121. The van der Waals surface area contributed by atoms with E-state index < -0.39 is 5.97 Å². The van der Waals surface area contributed by atoms with E-state index in [1.54, 1.807) is 13.1 Å². The zero-order valence-electron chi connectivity index (χ0n) is 11.8. The van der Waals surface area contributed by atoms with Gasteiger partial charge in [0.2, 0.25) is 5.91 Å². The molecule has 0 bridgehead atoms. The Bertz CT molecular complexity index is 498. The minimum Gasteiger partial charge on any atom is -0.465 e. The number of nitrogens with one attached hydrogen (secondary N) is 1. The maximum Gasteiger partial charge on any atom is 0.348 e. The number of rotatable bonds is 6. The topological polar surface area (TPSA) is 75.7 Å². The number of hydrogen-bond donors (Lipinski definition) is 1. The van der Waals surface area contributed by atoms with Crippen molar-refractivity contribution >= 4 is 29.1 Å². The van der Waals surface area contributed by atoms with Gasteiger partial charge in [0, 0.05) is 13.6 Å². The van der Waals surface area contributed by atoms with Gasteiger partial charge in [0.05, 0.1) is 18.5 Å². The van der Waals surface area contributed by atoms with Crippen molar-refractivity contribution in [2.75, 3.05) is 27.2 Å². The van der Waals surface area contributed by atoms with Crippen LogP contribution < -0.4 is 5.32 Å². The molecule has 0 aliphatic rings. The number of carbonyl (C=O) groups excluding carboxylic acids is 3. The molecule has 1 aromatic rings. The van der Waals surface area contributed by atoms with E-state index in [-0.39, 0.29) is 18.4 Å². The summed E-state index contributed by atoms with van der Waals surface area (Å²) in [4.78, 5) is 37.0. The molecule has 7 heteroatoms. The maximum absolute atomic E-state index is 12.1. The number of amides is 2. The molecular weight excluding hydrogens is 280 g/mol. The van der Waals surface area contributed by atoms with Gasteiger partial charge in [-0.25, -0.2) is 4.79 Å². The van der Waals surface area contributed by atoms with Crippen molar-refractivity contribution in [3.8, 4) is 0 Å². The second-order valence-electron chi connectivity index (χ2n) is 4.17. The number of carbonyl (C=O) groups is 3. The largest absolute Gasteiger partial charge is 0.465 e. The van der Waals surface area contributed by atoms with E-state index in [1.807, 2.05) is 6.92 Å². The van der Waals surface area contributed by atoms with Gasteiger partial charge in [-0.3, -0.25) is 9.59 Å². The van der Waals surface area contributed by atoms with Crippen molar-refractivity contribution in [2.24, 2.45) is 0 Å². The van der Waals surface area contributed by atoms with Crippen molar-refractivity contribution in [3.05, 3.63) is 21.9 Å². The predicted molar refractivity (Wildman–Crippen MR) is 75.9 cm³/mol. The van der Waals surface area contributed by atoms with Crippen molar-refractivity contribution in [2.45, 2.75) is 13.3 Å². The quantitative estimate of drug-likeness (QED) is 0.799. The Labute approximate surface area is 121 Å². The first-order valence-corrected chi connectivity index (χ1v) is 7.01. The fourth-order valence-corrected chi connectivity index (χ4v) is 2.38. The molecule has 1 rings (SSSR count). The van der Waals surface area contributed by atoms with Crippen LogP contribution in [0.3, 0.4) is 0 Å². The lowest BCUT2D eigenvalue weighted by atomic mass is 10.3. The molecule has 20 heavy (non-hydrogen) atoms. The van der Waals surface area contributed by atoms with Gasteiger partial charge in [-0.05, 0) is 18.6 Å². The highest BCUT2D eigenvalue weighted by Gasteiger charge is 2.18. The van der Waals surface area contributed by atoms with Crippen molar-refractivity contribution in [1.82, 2.24) is 10.2 Å². The van der Waals surface area contributed by atoms with E-state index >= 15 is 0 Å². The molecule has 1 N–H and O–H groups in total. The van der Waals surface area contributed by atoms with Crippen LogP contribution in [0.5, 0.6) is 0 Å². The normalized spacial score (nSPS) is 9.95.